The van der Waals surface area contributed by atoms with E-state index in [1.807, 2.05) is 42.5 Å². The molecule has 8 nitrogen and oxygen atoms in total. The van der Waals surface area contributed by atoms with E-state index in [9.17, 15) is 4.79 Å². The monoisotopic (exact) mass is 372 g/mol. The van der Waals surface area contributed by atoms with Crippen LogP contribution in [0.25, 0.3) is 11.4 Å². The number of amides is 1. The molecule has 0 aliphatic rings. The summed E-state index contributed by atoms with van der Waals surface area (Å²) in [6.07, 6.45) is 2.97. The third kappa shape index (κ3) is 4.18. The number of nitrogens with zero attached hydrogens (tertiary/aromatic N) is 5. The fourth-order valence-electron chi connectivity index (χ4n) is 2.52. The van der Waals surface area contributed by atoms with Gasteiger partial charge in [0.05, 0.1) is 19.0 Å². The average Bonchev–Trinajstić information content (AvgIpc) is 3.41. The smallest absolute Gasteiger partial charge is 0.271 e. The van der Waals surface area contributed by atoms with Gasteiger partial charge in [0.1, 0.15) is 5.76 Å². The second kappa shape index (κ2) is 8.09. The lowest BCUT2D eigenvalue weighted by atomic mass is 10.1. The zero-order chi connectivity index (χ0) is 19.2. The summed E-state index contributed by atoms with van der Waals surface area (Å²) in [5.41, 5.74) is 4.82. The van der Waals surface area contributed by atoms with Crippen molar-refractivity contribution < 1.29 is 9.21 Å². The van der Waals surface area contributed by atoms with Crippen LogP contribution in [0.15, 0.2) is 82.5 Å². The minimum absolute atomic E-state index is 0.306. The first kappa shape index (κ1) is 17.3. The highest BCUT2D eigenvalue weighted by Crippen LogP contribution is 2.12. The van der Waals surface area contributed by atoms with Crippen LogP contribution in [0.2, 0.25) is 0 Å². The molecule has 1 amide bonds. The number of carbonyl (C=O) groups is 1. The number of benzene rings is 2. The Kier molecular flexibility index (Phi) is 5.01. The van der Waals surface area contributed by atoms with E-state index in [2.05, 4.69) is 25.9 Å². The molecule has 4 aromatic rings. The van der Waals surface area contributed by atoms with Crippen molar-refractivity contribution in [3.63, 3.8) is 0 Å². The van der Waals surface area contributed by atoms with Gasteiger partial charge in [0.25, 0.3) is 5.91 Å². The fourth-order valence-corrected chi connectivity index (χ4v) is 2.52. The first-order chi connectivity index (χ1) is 13.8. The maximum Gasteiger partial charge on any atom is 0.271 e. The molecule has 0 aliphatic carbocycles. The van der Waals surface area contributed by atoms with Crippen molar-refractivity contribution in [1.29, 1.82) is 0 Å². The second-order valence-corrected chi connectivity index (χ2v) is 5.92. The van der Waals surface area contributed by atoms with Gasteiger partial charge in [-0.3, -0.25) is 4.79 Å². The molecule has 0 spiro atoms. The van der Waals surface area contributed by atoms with Gasteiger partial charge in [0.15, 0.2) is 0 Å². The summed E-state index contributed by atoms with van der Waals surface area (Å²) >= 11 is 0. The Labute approximate surface area is 160 Å². The van der Waals surface area contributed by atoms with Crippen LogP contribution in [0.1, 0.15) is 21.7 Å². The van der Waals surface area contributed by atoms with Crippen LogP contribution < -0.4 is 5.43 Å². The Balaban J connectivity index is 1.37. The van der Waals surface area contributed by atoms with Crippen LogP contribution in [-0.2, 0) is 6.54 Å². The largest absolute Gasteiger partial charge is 0.463 e. The molecule has 0 fully saturated rings. The molecule has 0 unspecified atom stereocenters. The van der Waals surface area contributed by atoms with E-state index in [0.717, 1.165) is 11.1 Å². The summed E-state index contributed by atoms with van der Waals surface area (Å²) in [4.78, 5) is 13.6. The molecule has 0 bridgehead atoms. The van der Waals surface area contributed by atoms with Gasteiger partial charge in [0, 0.05) is 11.1 Å². The van der Waals surface area contributed by atoms with Crippen LogP contribution in [0.4, 0.5) is 0 Å². The third-order valence-electron chi connectivity index (χ3n) is 3.93. The van der Waals surface area contributed by atoms with Crippen molar-refractivity contribution in [3.8, 4) is 11.4 Å². The minimum Gasteiger partial charge on any atom is -0.463 e. The van der Waals surface area contributed by atoms with Gasteiger partial charge in [0.2, 0.25) is 5.82 Å². The molecule has 0 aliphatic heterocycles. The molecule has 2 aromatic carbocycles. The molecule has 0 saturated heterocycles. The summed E-state index contributed by atoms with van der Waals surface area (Å²) in [5, 5.41) is 16.4. The van der Waals surface area contributed by atoms with Crippen LogP contribution >= 0.6 is 0 Å². The highest BCUT2D eigenvalue weighted by Gasteiger charge is 2.07. The Morgan fingerprint density at radius 1 is 1.07 bits per heavy atom. The number of tetrazole rings is 1. The molecule has 138 valence electrons. The second-order valence-electron chi connectivity index (χ2n) is 5.92. The summed E-state index contributed by atoms with van der Waals surface area (Å²) in [6.45, 7) is 0.457. The van der Waals surface area contributed by atoms with E-state index in [1.165, 1.54) is 17.3 Å². The summed E-state index contributed by atoms with van der Waals surface area (Å²) in [7, 11) is 0. The number of carbonyl (C=O) groups excluding carboxylic acids is 1. The number of rotatable bonds is 6. The van der Waals surface area contributed by atoms with E-state index in [-0.39, 0.29) is 5.91 Å². The number of furan rings is 1. The standard InChI is InChI=1S/C20H16N6O2/c27-20(23-21-13-18-7-4-12-28-18)17-10-8-15(9-11-17)14-26-24-19(22-25-26)16-5-2-1-3-6-16/h1-13H,14H2,(H,23,27)/b21-13+. The van der Waals surface area contributed by atoms with Gasteiger partial charge in [-0.15, -0.1) is 10.2 Å². The first-order valence-corrected chi connectivity index (χ1v) is 8.57. The van der Waals surface area contributed by atoms with Gasteiger partial charge in [-0.05, 0) is 35.0 Å². The van der Waals surface area contributed by atoms with E-state index in [0.29, 0.717) is 23.7 Å². The lowest BCUT2D eigenvalue weighted by Crippen LogP contribution is -2.17. The predicted molar refractivity (Wildman–Crippen MR) is 103 cm³/mol. The minimum atomic E-state index is -0.306. The van der Waals surface area contributed by atoms with E-state index >= 15 is 0 Å². The fraction of sp³-hybridized carbons (Fsp3) is 0.0500. The van der Waals surface area contributed by atoms with Crippen LogP contribution in [0.5, 0.6) is 0 Å². The zero-order valence-corrected chi connectivity index (χ0v) is 14.8. The van der Waals surface area contributed by atoms with Crippen molar-refractivity contribution in [1.82, 2.24) is 25.6 Å². The molecular formula is C20H16N6O2. The number of aromatic nitrogens is 4. The van der Waals surface area contributed by atoms with Gasteiger partial charge in [-0.25, -0.2) is 5.43 Å². The molecule has 28 heavy (non-hydrogen) atoms. The van der Waals surface area contributed by atoms with Crippen molar-refractivity contribution in [2.45, 2.75) is 6.54 Å². The highest BCUT2D eigenvalue weighted by molar-refractivity contribution is 5.94. The Morgan fingerprint density at radius 3 is 2.64 bits per heavy atom. The maximum atomic E-state index is 12.1. The zero-order valence-electron chi connectivity index (χ0n) is 14.8. The number of hydrogen-bond donors (Lipinski definition) is 1. The molecule has 1 N–H and O–H groups in total. The highest BCUT2D eigenvalue weighted by atomic mass is 16.3. The summed E-state index contributed by atoms with van der Waals surface area (Å²) < 4.78 is 5.10. The molecule has 4 rings (SSSR count). The predicted octanol–water partition coefficient (Wildman–Crippen LogP) is 2.75. The first-order valence-electron chi connectivity index (χ1n) is 8.57. The normalized spacial score (nSPS) is 11.0. The Hall–Kier alpha value is -4.07. The maximum absolute atomic E-state index is 12.1. The van der Waals surface area contributed by atoms with E-state index in [1.54, 1.807) is 24.3 Å². The average molecular weight is 372 g/mol. The van der Waals surface area contributed by atoms with Crippen molar-refractivity contribution in [2.75, 3.05) is 0 Å². The third-order valence-corrected chi connectivity index (χ3v) is 3.93. The van der Waals surface area contributed by atoms with Gasteiger partial charge >= 0.3 is 0 Å². The molecular weight excluding hydrogens is 356 g/mol. The quantitative estimate of drug-likeness (QED) is 0.414. The van der Waals surface area contributed by atoms with E-state index < -0.39 is 0 Å². The van der Waals surface area contributed by atoms with Crippen molar-refractivity contribution in [2.24, 2.45) is 5.10 Å². The molecule has 0 saturated carbocycles. The lowest BCUT2D eigenvalue weighted by molar-refractivity contribution is 0.0955. The Bertz CT molecular complexity index is 1070. The lowest BCUT2D eigenvalue weighted by Gasteiger charge is -2.02. The van der Waals surface area contributed by atoms with Crippen molar-refractivity contribution >= 4 is 12.1 Å². The number of hydrogen-bond acceptors (Lipinski definition) is 6. The molecule has 0 radical (unpaired) electrons. The van der Waals surface area contributed by atoms with Gasteiger partial charge in [-0.1, -0.05) is 42.5 Å². The number of hydrazone groups is 1. The van der Waals surface area contributed by atoms with Crippen LogP contribution in [0, 0.1) is 0 Å². The number of nitrogens with one attached hydrogen (secondary N) is 1. The van der Waals surface area contributed by atoms with Crippen molar-refractivity contribution in [3.05, 3.63) is 89.9 Å². The molecule has 2 aromatic heterocycles. The van der Waals surface area contributed by atoms with Crippen LogP contribution in [-0.4, -0.2) is 32.3 Å². The summed E-state index contributed by atoms with van der Waals surface area (Å²) in [6, 6.07) is 20.3. The molecule has 0 atom stereocenters. The topological polar surface area (TPSA) is 98.2 Å². The van der Waals surface area contributed by atoms with Crippen LogP contribution in [0.3, 0.4) is 0 Å². The SMILES string of the molecule is O=C(N/N=C/c1ccco1)c1ccc(Cn2nnc(-c3ccccc3)n2)cc1. The molecule has 2 heterocycles. The molecule has 8 heteroatoms. The van der Waals surface area contributed by atoms with Gasteiger partial charge in [-0.2, -0.15) is 9.90 Å². The summed E-state index contributed by atoms with van der Waals surface area (Å²) in [5.74, 6) is 0.830. The van der Waals surface area contributed by atoms with Gasteiger partial charge < -0.3 is 4.42 Å². The van der Waals surface area contributed by atoms with E-state index in [4.69, 9.17) is 4.42 Å². The Morgan fingerprint density at radius 2 is 1.89 bits per heavy atom.